The van der Waals surface area contributed by atoms with E-state index in [0.29, 0.717) is 17.9 Å². The smallest absolute Gasteiger partial charge is 0.303 e. The number of carboxylic acids is 1. The number of carbonyl (C=O) groups is 1. The second-order valence-corrected chi connectivity index (χ2v) is 5.63. The molecule has 0 aliphatic rings. The lowest BCUT2D eigenvalue weighted by Gasteiger charge is -2.20. The molecular formula is C14H20BrNO4. The number of aliphatic carboxylic acids is 1. The Bertz CT molecular complexity index is 478. The number of hydrogen-bond donors (Lipinski definition) is 2. The summed E-state index contributed by atoms with van der Waals surface area (Å²) >= 11 is 3.39. The van der Waals surface area contributed by atoms with Gasteiger partial charge in [-0.1, -0.05) is 6.92 Å². The van der Waals surface area contributed by atoms with Crippen molar-refractivity contribution in [1.29, 1.82) is 0 Å². The molecule has 2 atom stereocenters. The predicted molar refractivity (Wildman–Crippen MR) is 80.2 cm³/mol. The van der Waals surface area contributed by atoms with Crippen LogP contribution in [0.1, 0.15) is 31.4 Å². The zero-order chi connectivity index (χ0) is 15.3. The number of carboxylic acid groups (broad SMARTS) is 1. The van der Waals surface area contributed by atoms with Gasteiger partial charge in [0.05, 0.1) is 18.7 Å². The van der Waals surface area contributed by atoms with Gasteiger partial charge >= 0.3 is 5.97 Å². The van der Waals surface area contributed by atoms with E-state index in [2.05, 4.69) is 15.9 Å². The molecule has 0 saturated carbocycles. The summed E-state index contributed by atoms with van der Waals surface area (Å²) in [5.74, 6) is 0.502. The highest BCUT2D eigenvalue weighted by Crippen LogP contribution is 2.37. The molecule has 0 spiro atoms. The van der Waals surface area contributed by atoms with E-state index in [-0.39, 0.29) is 18.4 Å². The minimum Gasteiger partial charge on any atom is -0.496 e. The van der Waals surface area contributed by atoms with Crippen LogP contribution in [0.3, 0.4) is 0 Å². The van der Waals surface area contributed by atoms with E-state index >= 15 is 0 Å². The lowest BCUT2D eigenvalue weighted by atomic mass is 9.94. The van der Waals surface area contributed by atoms with Crippen molar-refractivity contribution in [2.75, 3.05) is 14.2 Å². The summed E-state index contributed by atoms with van der Waals surface area (Å²) < 4.78 is 11.4. The largest absolute Gasteiger partial charge is 0.496 e. The molecule has 1 aromatic carbocycles. The van der Waals surface area contributed by atoms with Crippen molar-refractivity contribution >= 4 is 21.9 Å². The van der Waals surface area contributed by atoms with Crippen LogP contribution in [0.25, 0.3) is 0 Å². The van der Waals surface area contributed by atoms with Crippen LogP contribution in [-0.2, 0) is 4.79 Å². The SMILES string of the molecule is COc1cc(C(N)CC(C)CC(=O)O)c(OC)cc1Br. The van der Waals surface area contributed by atoms with E-state index in [0.717, 1.165) is 10.0 Å². The minimum atomic E-state index is -0.815. The normalized spacial score (nSPS) is 13.7. The Hall–Kier alpha value is -1.27. The first-order valence-corrected chi connectivity index (χ1v) is 7.07. The number of hydrogen-bond acceptors (Lipinski definition) is 4. The quantitative estimate of drug-likeness (QED) is 0.793. The lowest BCUT2D eigenvalue weighted by Crippen LogP contribution is -2.17. The highest BCUT2D eigenvalue weighted by Gasteiger charge is 2.19. The minimum absolute atomic E-state index is 0.0122. The Labute approximate surface area is 127 Å². The third kappa shape index (κ3) is 4.38. The van der Waals surface area contributed by atoms with E-state index in [1.165, 1.54) is 0 Å². The fraction of sp³-hybridized carbons (Fsp3) is 0.500. The molecule has 0 aromatic heterocycles. The second kappa shape index (κ2) is 7.50. The number of rotatable bonds is 7. The van der Waals surface area contributed by atoms with Crippen molar-refractivity contribution in [2.24, 2.45) is 11.7 Å². The molecule has 0 aliphatic carbocycles. The number of halogens is 1. The fourth-order valence-corrected chi connectivity index (χ4v) is 2.60. The summed E-state index contributed by atoms with van der Waals surface area (Å²) in [6.07, 6.45) is 0.664. The molecule has 0 saturated heterocycles. The topological polar surface area (TPSA) is 81.8 Å². The number of ether oxygens (including phenoxy) is 2. The van der Waals surface area contributed by atoms with Gasteiger partial charge in [0.2, 0.25) is 0 Å². The summed E-state index contributed by atoms with van der Waals surface area (Å²) in [6, 6.07) is 3.32. The molecule has 2 unspecified atom stereocenters. The predicted octanol–water partition coefficient (Wildman–Crippen LogP) is 2.97. The molecule has 1 aromatic rings. The van der Waals surface area contributed by atoms with Crippen molar-refractivity contribution in [2.45, 2.75) is 25.8 Å². The van der Waals surface area contributed by atoms with Gasteiger partial charge in [-0.25, -0.2) is 0 Å². The zero-order valence-corrected chi connectivity index (χ0v) is 13.4. The molecule has 3 N–H and O–H groups in total. The van der Waals surface area contributed by atoms with Gasteiger partial charge in [-0.05, 0) is 40.4 Å². The van der Waals surface area contributed by atoms with Crippen molar-refractivity contribution in [3.63, 3.8) is 0 Å². The maximum Gasteiger partial charge on any atom is 0.303 e. The standard InChI is InChI=1S/C14H20BrNO4/c1-8(5-14(17)18)4-11(16)9-6-13(20-3)10(15)7-12(9)19-2/h6-8,11H,4-5,16H2,1-3H3,(H,17,18). The molecule has 5 nitrogen and oxygen atoms in total. The Kier molecular flexibility index (Phi) is 6.29. The van der Waals surface area contributed by atoms with Gasteiger partial charge < -0.3 is 20.3 Å². The maximum absolute atomic E-state index is 10.7. The molecule has 0 aliphatic heterocycles. The van der Waals surface area contributed by atoms with Gasteiger partial charge in [-0.15, -0.1) is 0 Å². The van der Waals surface area contributed by atoms with Gasteiger partial charge in [0.25, 0.3) is 0 Å². The van der Waals surface area contributed by atoms with Crippen LogP contribution in [0.15, 0.2) is 16.6 Å². The van der Waals surface area contributed by atoms with Crippen LogP contribution < -0.4 is 15.2 Å². The molecule has 0 fully saturated rings. The molecule has 1 rings (SSSR count). The molecule has 6 heteroatoms. The van der Waals surface area contributed by atoms with Crippen LogP contribution in [-0.4, -0.2) is 25.3 Å². The van der Waals surface area contributed by atoms with Crippen molar-refractivity contribution in [3.8, 4) is 11.5 Å². The Morgan fingerprint density at radius 3 is 2.45 bits per heavy atom. The lowest BCUT2D eigenvalue weighted by molar-refractivity contribution is -0.138. The fourth-order valence-electron chi connectivity index (χ4n) is 2.12. The average molecular weight is 346 g/mol. The maximum atomic E-state index is 10.7. The molecule has 0 radical (unpaired) electrons. The number of nitrogens with two attached hydrogens (primary N) is 1. The van der Waals surface area contributed by atoms with Crippen LogP contribution >= 0.6 is 15.9 Å². The number of benzene rings is 1. The monoisotopic (exact) mass is 345 g/mol. The summed E-state index contributed by atoms with van der Waals surface area (Å²) in [5, 5.41) is 8.79. The third-order valence-corrected chi connectivity index (χ3v) is 3.70. The van der Waals surface area contributed by atoms with Gasteiger partial charge in [-0.3, -0.25) is 4.79 Å². The van der Waals surface area contributed by atoms with Gasteiger partial charge in [-0.2, -0.15) is 0 Å². The molecule has 0 bridgehead atoms. The van der Waals surface area contributed by atoms with E-state index < -0.39 is 5.97 Å². The van der Waals surface area contributed by atoms with Gasteiger partial charge in [0, 0.05) is 18.0 Å². The first-order valence-electron chi connectivity index (χ1n) is 6.27. The summed E-state index contributed by atoms with van der Waals surface area (Å²) in [7, 11) is 3.15. The van der Waals surface area contributed by atoms with Crippen molar-refractivity contribution < 1.29 is 19.4 Å². The molecule has 20 heavy (non-hydrogen) atoms. The highest BCUT2D eigenvalue weighted by molar-refractivity contribution is 9.10. The van der Waals surface area contributed by atoms with Crippen molar-refractivity contribution in [1.82, 2.24) is 0 Å². The van der Waals surface area contributed by atoms with Crippen LogP contribution in [0.2, 0.25) is 0 Å². The van der Waals surface area contributed by atoms with E-state index in [4.69, 9.17) is 20.3 Å². The first-order chi connectivity index (χ1) is 9.38. The second-order valence-electron chi connectivity index (χ2n) is 4.77. The van der Waals surface area contributed by atoms with E-state index in [9.17, 15) is 4.79 Å². The molecule has 0 heterocycles. The average Bonchev–Trinajstić information content (AvgIpc) is 2.36. The Morgan fingerprint density at radius 1 is 1.35 bits per heavy atom. The van der Waals surface area contributed by atoms with Crippen LogP contribution in [0.5, 0.6) is 11.5 Å². The third-order valence-electron chi connectivity index (χ3n) is 3.08. The number of methoxy groups -OCH3 is 2. The van der Waals surface area contributed by atoms with Crippen LogP contribution in [0, 0.1) is 5.92 Å². The summed E-state index contributed by atoms with van der Waals surface area (Å²) in [6.45, 7) is 1.87. The zero-order valence-electron chi connectivity index (χ0n) is 11.9. The summed E-state index contributed by atoms with van der Waals surface area (Å²) in [5.41, 5.74) is 6.99. The molecular weight excluding hydrogens is 326 g/mol. The Balaban J connectivity index is 2.96. The van der Waals surface area contributed by atoms with E-state index in [1.807, 2.05) is 13.0 Å². The first kappa shape index (κ1) is 16.8. The Morgan fingerprint density at radius 2 is 1.95 bits per heavy atom. The van der Waals surface area contributed by atoms with Crippen LogP contribution in [0.4, 0.5) is 0 Å². The van der Waals surface area contributed by atoms with Gasteiger partial charge in [0.15, 0.2) is 0 Å². The highest BCUT2D eigenvalue weighted by atomic mass is 79.9. The van der Waals surface area contributed by atoms with E-state index in [1.54, 1.807) is 20.3 Å². The molecule has 112 valence electrons. The van der Waals surface area contributed by atoms with Gasteiger partial charge in [0.1, 0.15) is 11.5 Å². The summed E-state index contributed by atoms with van der Waals surface area (Å²) in [4.78, 5) is 10.7. The molecule has 0 amide bonds. The van der Waals surface area contributed by atoms with Crippen molar-refractivity contribution in [3.05, 3.63) is 22.2 Å².